The number of ether oxygens (including phenoxy) is 1. The second-order valence-electron chi connectivity index (χ2n) is 4.74. The number of amides is 1. The molecule has 0 saturated heterocycles. The Morgan fingerprint density at radius 2 is 2.14 bits per heavy atom. The Labute approximate surface area is 137 Å². The molecule has 0 radical (unpaired) electrons. The molecule has 0 heterocycles. The molecule has 1 atom stereocenters. The van der Waals surface area contributed by atoms with E-state index in [9.17, 15) is 14.4 Å². The lowest BCUT2D eigenvalue weighted by atomic mass is 10.00. The highest BCUT2D eigenvalue weighted by Crippen LogP contribution is 2.16. The van der Waals surface area contributed by atoms with Crippen LogP contribution in [0.25, 0.3) is 0 Å². The van der Waals surface area contributed by atoms with Crippen molar-refractivity contribution in [2.75, 3.05) is 13.2 Å². The van der Waals surface area contributed by atoms with Crippen molar-refractivity contribution in [1.82, 2.24) is 5.32 Å². The maximum atomic E-state index is 12.1. The Morgan fingerprint density at radius 1 is 1.41 bits per heavy atom. The third-order valence-corrected chi connectivity index (χ3v) is 3.32. The third-order valence-electron chi connectivity index (χ3n) is 2.83. The fraction of sp³-hybridized carbons (Fsp3) is 0.312. The van der Waals surface area contributed by atoms with E-state index in [-0.39, 0.29) is 18.8 Å². The quantitative estimate of drug-likeness (QED) is 0.435. The first-order valence-electron chi connectivity index (χ1n) is 6.77. The number of halogens is 1. The molecule has 6 heteroatoms. The molecule has 0 unspecified atom stereocenters. The fourth-order valence-electron chi connectivity index (χ4n) is 1.66. The van der Waals surface area contributed by atoms with Gasteiger partial charge in [0.1, 0.15) is 0 Å². The molecular weight excluding hydrogens is 350 g/mol. The average Bonchev–Trinajstić information content (AvgIpc) is 2.50. The molecule has 118 valence electrons. The highest BCUT2D eigenvalue weighted by atomic mass is 79.9. The van der Waals surface area contributed by atoms with E-state index < -0.39 is 17.8 Å². The molecule has 1 aromatic rings. The number of carbonyl (C=O) groups is 3. The molecule has 0 aliphatic carbocycles. The van der Waals surface area contributed by atoms with E-state index >= 15 is 0 Å². The molecule has 1 aromatic carbocycles. The standard InChI is InChI=1S/C16H18BrNO4/c1-3-7-18-15(20)10-22-16(21)11(2)8-14(19)12-5-4-6-13(17)9-12/h3-6,9,11H,1,7-8,10H2,2H3,(H,18,20)/t11-/m1/s1. The zero-order chi connectivity index (χ0) is 16.5. The van der Waals surface area contributed by atoms with Gasteiger partial charge in [0, 0.05) is 23.0 Å². The fourth-order valence-corrected chi connectivity index (χ4v) is 2.06. The van der Waals surface area contributed by atoms with E-state index in [1.54, 1.807) is 25.1 Å². The zero-order valence-corrected chi connectivity index (χ0v) is 13.9. The number of benzene rings is 1. The Morgan fingerprint density at radius 3 is 2.77 bits per heavy atom. The van der Waals surface area contributed by atoms with Crippen LogP contribution in [0.5, 0.6) is 0 Å². The van der Waals surface area contributed by atoms with Crippen LogP contribution in [0, 0.1) is 5.92 Å². The van der Waals surface area contributed by atoms with Gasteiger partial charge in [0.25, 0.3) is 5.91 Å². The van der Waals surface area contributed by atoms with Crippen molar-refractivity contribution in [3.8, 4) is 0 Å². The average molecular weight is 368 g/mol. The summed E-state index contributed by atoms with van der Waals surface area (Å²) in [5.41, 5.74) is 0.526. The van der Waals surface area contributed by atoms with Crippen LogP contribution in [-0.4, -0.2) is 30.8 Å². The molecule has 0 aliphatic heterocycles. The van der Waals surface area contributed by atoms with Gasteiger partial charge in [0.15, 0.2) is 12.4 Å². The second kappa shape index (κ2) is 9.15. The van der Waals surface area contributed by atoms with Gasteiger partial charge in [-0.25, -0.2) is 0 Å². The molecule has 0 bridgehead atoms. The van der Waals surface area contributed by atoms with Gasteiger partial charge in [-0.1, -0.05) is 41.1 Å². The van der Waals surface area contributed by atoms with Crippen LogP contribution < -0.4 is 5.32 Å². The largest absolute Gasteiger partial charge is 0.455 e. The van der Waals surface area contributed by atoms with Gasteiger partial charge in [-0.2, -0.15) is 0 Å². The summed E-state index contributed by atoms with van der Waals surface area (Å²) in [7, 11) is 0. The molecule has 0 spiro atoms. The van der Waals surface area contributed by atoms with E-state index in [4.69, 9.17) is 4.74 Å². The van der Waals surface area contributed by atoms with E-state index in [1.165, 1.54) is 6.08 Å². The van der Waals surface area contributed by atoms with Gasteiger partial charge in [-0.15, -0.1) is 6.58 Å². The maximum Gasteiger partial charge on any atom is 0.309 e. The summed E-state index contributed by atoms with van der Waals surface area (Å²) in [5, 5.41) is 2.49. The minimum Gasteiger partial charge on any atom is -0.455 e. The molecule has 0 saturated carbocycles. The molecule has 1 rings (SSSR count). The molecule has 1 amide bonds. The van der Waals surface area contributed by atoms with Crippen molar-refractivity contribution in [3.05, 3.63) is 47.0 Å². The van der Waals surface area contributed by atoms with Gasteiger partial charge in [0.2, 0.25) is 0 Å². The molecule has 22 heavy (non-hydrogen) atoms. The first-order chi connectivity index (χ1) is 10.4. The summed E-state index contributed by atoms with van der Waals surface area (Å²) in [4.78, 5) is 35.1. The summed E-state index contributed by atoms with van der Waals surface area (Å²) >= 11 is 3.29. The molecule has 5 nitrogen and oxygen atoms in total. The highest BCUT2D eigenvalue weighted by Gasteiger charge is 2.20. The third kappa shape index (κ3) is 6.22. The number of Topliss-reactive ketones (excluding diaryl/α,β-unsaturated/α-hetero) is 1. The molecule has 0 aromatic heterocycles. The second-order valence-corrected chi connectivity index (χ2v) is 5.65. The summed E-state index contributed by atoms with van der Waals surface area (Å²) in [6, 6.07) is 6.96. The summed E-state index contributed by atoms with van der Waals surface area (Å²) in [5.74, 6) is -1.74. The zero-order valence-electron chi connectivity index (χ0n) is 12.3. The van der Waals surface area contributed by atoms with Crippen molar-refractivity contribution in [1.29, 1.82) is 0 Å². The van der Waals surface area contributed by atoms with Crippen LogP contribution in [0.2, 0.25) is 0 Å². The van der Waals surface area contributed by atoms with Gasteiger partial charge in [-0.05, 0) is 12.1 Å². The summed E-state index contributed by atoms with van der Waals surface area (Å²) < 4.78 is 5.67. The van der Waals surface area contributed by atoms with Crippen molar-refractivity contribution in [2.45, 2.75) is 13.3 Å². The predicted octanol–water partition coefficient (Wildman–Crippen LogP) is 2.50. The number of nitrogens with one attached hydrogen (secondary N) is 1. The Hall–Kier alpha value is -1.95. The van der Waals surface area contributed by atoms with Crippen molar-refractivity contribution in [2.24, 2.45) is 5.92 Å². The SMILES string of the molecule is C=CCNC(=O)COC(=O)[C@H](C)CC(=O)c1cccc(Br)c1. The van der Waals surface area contributed by atoms with Crippen LogP contribution in [0.3, 0.4) is 0 Å². The minimum absolute atomic E-state index is 0.0313. The topological polar surface area (TPSA) is 72.5 Å². The molecule has 0 fully saturated rings. The predicted molar refractivity (Wildman–Crippen MR) is 86.4 cm³/mol. The van der Waals surface area contributed by atoms with Crippen molar-refractivity contribution >= 4 is 33.6 Å². The number of esters is 1. The van der Waals surface area contributed by atoms with E-state index in [1.807, 2.05) is 6.07 Å². The van der Waals surface area contributed by atoms with Gasteiger partial charge >= 0.3 is 5.97 Å². The molecule has 0 aliphatic rings. The minimum atomic E-state index is -0.612. The van der Waals surface area contributed by atoms with Crippen LogP contribution in [-0.2, 0) is 14.3 Å². The normalized spacial score (nSPS) is 11.4. The highest BCUT2D eigenvalue weighted by molar-refractivity contribution is 9.10. The van der Waals surface area contributed by atoms with Crippen molar-refractivity contribution < 1.29 is 19.1 Å². The summed E-state index contributed by atoms with van der Waals surface area (Å²) in [6.45, 7) is 5.01. The first-order valence-corrected chi connectivity index (χ1v) is 7.56. The monoisotopic (exact) mass is 367 g/mol. The lowest BCUT2D eigenvalue weighted by Gasteiger charge is -2.11. The number of carbonyl (C=O) groups excluding carboxylic acids is 3. The number of ketones is 1. The number of rotatable bonds is 8. The van der Waals surface area contributed by atoms with E-state index in [2.05, 4.69) is 27.8 Å². The molecular formula is C16H18BrNO4. The van der Waals surface area contributed by atoms with E-state index in [0.29, 0.717) is 12.1 Å². The lowest BCUT2D eigenvalue weighted by molar-refractivity contribution is -0.152. The maximum absolute atomic E-state index is 12.1. The Bertz CT molecular complexity index is 571. The Balaban J connectivity index is 2.45. The number of hydrogen-bond donors (Lipinski definition) is 1. The van der Waals surface area contributed by atoms with E-state index in [0.717, 1.165) is 4.47 Å². The van der Waals surface area contributed by atoms with Crippen LogP contribution in [0.15, 0.2) is 41.4 Å². The number of hydrogen-bond acceptors (Lipinski definition) is 4. The smallest absolute Gasteiger partial charge is 0.309 e. The van der Waals surface area contributed by atoms with Crippen molar-refractivity contribution in [3.63, 3.8) is 0 Å². The lowest BCUT2D eigenvalue weighted by Crippen LogP contribution is -2.30. The summed E-state index contributed by atoms with van der Waals surface area (Å²) in [6.07, 6.45) is 1.56. The van der Waals surface area contributed by atoms with Gasteiger partial charge in [0.05, 0.1) is 5.92 Å². The van der Waals surface area contributed by atoms with Crippen LogP contribution in [0.4, 0.5) is 0 Å². The van der Waals surface area contributed by atoms with Gasteiger partial charge in [-0.3, -0.25) is 14.4 Å². The molecule has 1 N–H and O–H groups in total. The Kier molecular flexibility index (Phi) is 7.52. The van der Waals surface area contributed by atoms with Gasteiger partial charge < -0.3 is 10.1 Å². The first kappa shape index (κ1) is 18.1. The van der Waals surface area contributed by atoms with Crippen LogP contribution >= 0.6 is 15.9 Å². The van der Waals surface area contributed by atoms with Crippen LogP contribution in [0.1, 0.15) is 23.7 Å².